The highest BCUT2D eigenvalue weighted by atomic mass is 16.5. The lowest BCUT2D eigenvalue weighted by atomic mass is 9.93. The summed E-state index contributed by atoms with van der Waals surface area (Å²) < 4.78 is 11.6. The first kappa shape index (κ1) is 18.9. The summed E-state index contributed by atoms with van der Waals surface area (Å²) >= 11 is 0. The van der Waals surface area contributed by atoms with E-state index in [2.05, 4.69) is 12.1 Å². The number of aryl methyl sites for hydroxylation is 1. The number of benzene rings is 2. The Balaban J connectivity index is 1.57. The number of rotatable bonds is 7. The van der Waals surface area contributed by atoms with Crippen molar-refractivity contribution in [3.05, 3.63) is 65.7 Å². The predicted octanol–water partition coefficient (Wildman–Crippen LogP) is 2.24. The molecule has 0 amide bonds. The van der Waals surface area contributed by atoms with Gasteiger partial charge in [-0.05, 0) is 36.1 Å². The van der Waals surface area contributed by atoms with Crippen LogP contribution in [0.25, 0.3) is 0 Å². The van der Waals surface area contributed by atoms with E-state index in [9.17, 15) is 15.3 Å². The third-order valence-electron chi connectivity index (χ3n) is 4.66. The summed E-state index contributed by atoms with van der Waals surface area (Å²) in [6.45, 7) is 0.407. The molecule has 0 aromatic heterocycles. The van der Waals surface area contributed by atoms with Crippen LogP contribution in [0.1, 0.15) is 30.1 Å². The number of aliphatic hydroxyl groups is 3. The molecule has 3 unspecified atom stereocenters. The number of hydrogen-bond acceptors (Lipinski definition) is 5. The molecule has 3 rings (SSSR count). The first-order valence-electron chi connectivity index (χ1n) is 9.06. The van der Waals surface area contributed by atoms with E-state index < -0.39 is 24.4 Å². The minimum Gasteiger partial charge on any atom is -0.494 e. The van der Waals surface area contributed by atoms with Crippen LogP contribution in [-0.4, -0.2) is 46.8 Å². The summed E-state index contributed by atoms with van der Waals surface area (Å²) in [5.74, 6) is 0.701. The lowest BCUT2D eigenvalue weighted by Gasteiger charge is -2.36. The summed E-state index contributed by atoms with van der Waals surface area (Å²) in [5.41, 5.74) is 2.02. The van der Waals surface area contributed by atoms with Gasteiger partial charge in [0, 0.05) is 6.42 Å². The molecule has 5 heteroatoms. The van der Waals surface area contributed by atoms with E-state index in [0.717, 1.165) is 18.4 Å². The van der Waals surface area contributed by atoms with E-state index in [1.807, 2.05) is 42.5 Å². The van der Waals surface area contributed by atoms with Crippen LogP contribution in [0, 0.1) is 0 Å². The fourth-order valence-corrected chi connectivity index (χ4v) is 3.24. The van der Waals surface area contributed by atoms with Gasteiger partial charge in [-0.25, -0.2) is 0 Å². The van der Waals surface area contributed by atoms with E-state index in [4.69, 9.17) is 9.47 Å². The standard InChI is InChI=1S/C21H26O5/c22-14-18-13-19(23)20(24)21(26-18)16-9-4-10-17(12-16)25-11-5-8-15-6-2-1-3-7-15/h1-4,6-7,9-10,12,18-24H,5,8,11,13-14H2/t18?,19?,20?,21-/m1/s1. The quantitative estimate of drug-likeness (QED) is 0.662. The van der Waals surface area contributed by atoms with E-state index in [1.54, 1.807) is 0 Å². The third-order valence-corrected chi connectivity index (χ3v) is 4.66. The molecule has 140 valence electrons. The zero-order valence-corrected chi connectivity index (χ0v) is 14.7. The molecule has 0 radical (unpaired) electrons. The molecule has 0 aliphatic carbocycles. The average Bonchev–Trinajstić information content (AvgIpc) is 2.68. The summed E-state index contributed by atoms with van der Waals surface area (Å²) in [7, 11) is 0. The van der Waals surface area contributed by atoms with Crippen molar-refractivity contribution in [1.82, 2.24) is 0 Å². The van der Waals surface area contributed by atoms with Crippen LogP contribution >= 0.6 is 0 Å². The van der Waals surface area contributed by atoms with E-state index in [-0.39, 0.29) is 13.0 Å². The van der Waals surface area contributed by atoms with E-state index in [1.165, 1.54) is 5.56 Å². The third kappa shape index (κ3) is 4.83. The van der Waals surface area contributed by atoms with Crippen molar-refractivity contribution >= 4 is 0 Å². The van der Waals surface area contributed by atoms with Crippen molar-refractivity contribution < 1.29 is 24.8 Å². The Morgan fingerprint density at radius 3 is 2.62 bits per heavy atom. The van der Waals surface area contributed by atoms with Gasteiger partial charge in [0.1, 0.15) is 18.0 Å². The first-order chi connectivity index (χ1) is 12.7. The molecular weight excluding hydrogens is 332 g/mol. The van der Waals surface area contributed by atoms with E-state index >= 15 is 0 Å². The lowest BCUT2D eigenvalue weighted by molar-refractivity contribution is -0.179. The average molecular weight is 358 g/mol. The van der Waals surface area contributed by atoms with Crippen LogP contribution in [0.15, 0.2) is 54.6 Å². The van der Waals surface area contributed by atoms with Gasteiger partial charge in [0.25, 0.3) is 0 Å². The normalized spacial score (nSPS) is 25.8. The number of ether oxygens (including phenoxy) is 2. The molecule has 1 saturated heterocycles. The Morgan fingerprint density at radius 1 is 1.04 bits per heavy atom. The lowest BCUT2D eigenvalue weighted by Crippen LogP contribution is -2.44. The van der Waals surface area contributed by atoms with Crippen LogP contribution in [0.3, 0.4) is 0 Å². The molecule has 2 aromatic carbocycles. The SMILES string of the molecule is OCC1CC(O)C(O)[C@@H](c2cccc(OCCCc3ccccc3)c2)O1. The van der Waals surface area contributed by atoms with Gasteiger partial charge in [-0.2, -0.15) is 0 Å². The molecule has 2 aromatic rings. The van der Waals surface area contributed by atoms with Gasteiger partial charge in [0.15, 0.2) is 0 Å². The van der Waals surface area contributed by atoms with Gasteiger partial charge in [-0.15, -0.1) is 0 Å². The van der Waals surface area contributed by atoms with Crippen LogP contribution in [-0.2, 0) is 11.2 Å². The molecule has 26 heavy (non-hydrogen) atoms. The minimum atomic E-state index is -1.02. The van der Waals surface area contributed by atoms with Crippen LogP contribution in [0.2, 0.25) is 0 Å². The Kier molecular flexibility index (Phi) is 6.63. The Labute approximate surface area is 153 Å². The summed E-state index contributed by atoms with van der Waals surface area (Å²) in [5, 5.41) is 29.5. The summed E-state index contributed by atoms with van der Waals surface area (Å²) in [4.78, 5) is 0. The van der Waals surface area contributed by atoms with Crippen molar-refractivity contribution in [3.63, 3.8) is 0 Å². The molecule has 3 N–H and O–H groups in total. The highest BCUT2D eigenvalue weighted by molar-refractivity contribution is 5.31. The number of aliphatic hydroxyl groups excluding tert-OH is 3. The van der Waals surface area contributed by atoms with Crippen LogP contribution in [0.4, 0.5) is 0 Å². The number of hydrogen-bond donors (Lipinski definition) is 3. The van der Waals surface area contributed by atoms with Crippen molar-refractivity contribution in [3.8, 4) is 5.75 Å². The van der Waals surface area contributed by atoms with Gasteiger partial charge in [0.05, 0.1) is 25.4 Å². The fourth-order valence-electron chi connectivity index (χ4n) is 3.24. The topological polar surface area (TPSA) is 79.2 Å². The van der Waals surface area contributed by atoms with Crippen molar-refractivity contribution in [2.45, 2.75) is 43.7 Å². The van der Waals surface area contributed by atoms with Crippen molar-refractivity contribution in [1.29, 1.82) is 0 Å². The van der Waals surface area contributed by atoms with Gasteiger partial charge in [-0.3, -0.25) is 0 Å². The summed E-state index contributed by atoms with van der Waals surface area (Å²) in [6.07, 6.45) is -1.01. The maximum Gasteiger partial charge on any atom is 0.119 e. The largest absolute Gasteiger partial charge is 0.494 e. The molecule has 1 fully saturated rings. The zero-order valence-electron chi connectivity index (χ0n) is 14.7. The molecule has 4 atom stereocenters. The second-order valence-electron chi connectivity index (χ2n) is 6.67. The van der Waals surface area contributed by atoms with Crippen LogP contribution in [0.5, 0.6) is 5.75 Å². The predicted molar refractivity (Wildman–Crippen MR) is 98.0 cm³/mol. The fraction of sp³-hybridized carbons (Fsp3) is 0.429. The second-order valence-corrected chi connectivity index (χ2v) is 6.67. The van der Waals surface area contributed by atoms with Gasteiger partial charge in [-0.1, -0.05) is 42.5 Å². The summed E-state index contributed by atoms with van der Waals surface area (Å²) in [6, 6.07) is 17.6. The Morgan fingerprint density at radius 2 is 1.85 bits per heavy atom. The minimum absolute atomic E-state index is 0.185. The van der Waals surface area contributed by atoms with Crippen molar-refractivity contribution in [2.75, 3.05) is 13.2 Å². The smallest absolute Gasteiger partial charge is 0.119 e. The molecular formula is C21H26O5. The van der Waals surface area contributed by atoms with Crippen LogP contribution < -0.4 is 4.74 Å². The highest BCUT2D eigenvalue weighted by Gasteiger charge is 2.37. The molecule has 1 heterocycles. The van der Waals surface area contributed by atoms with Gasteiger partial charge in [0.2, 0.25) is 0 Å². The maximum absolute atomic E-state index is 10.2. The molecule has 0 bridgehead atoms. The maximum atomic E-state index is 10.2. The Hall–Kier alpha value is -1.92. The molecule has 1 aliphatic heterocycles. The molecule has 0 spiro atoms. The van der Waals surface area contributed by atoms with Gasteiger partial charge >= 0.3 is 0 Å². The molecule has 0 saturated carbocycles. The first-order valence-corrected chi connectivity index (χ1v) is 9.06. The zero-order chi connectivity index (χ0) is 18.4. The van der Waals surface area contributed by atoms with Gasteiger partial charge < -0.3 is 24.8 Å². The highest BCUT2D eigenvalue weighted by Crippen LogP contribution is 2.33. The van der Waals surface area contributed by atoms with Crippen molar-refractivity contribution in [2.24, 2.45) is 0 Å². The second kappa shape index (κ2) is 9.14. The van der Waals surface area contributed by atoms with E-state index in [0.29, 0.717) is 12.4 Å². The molecule has 5 nitrogen and oxygen atoms in total. The Bertz CT molecular complexity index is 675. The monoisotopic (exact) mass is 358 g/mol. The molecule has 1 aliphatic rings.